The first-order valence-electron chi connectivity index (χ1n) is 7.20. The van der Waals surface area contributed by atoms with E-state index in [0.29, 0.717) is 13.0 Å². The molecule has 0 fully saturated rings. The number of hydrogen-bond acceptors (Lipinski definition) is 4. The van der Waals surface area contributed by atoms with Crippen molar-refractivity contribution in [3.05, 3.63) is 71.8 Å². The van der Waals surface area contributed by atoms with Crippen LogP contribution in [0.1, 0.15) is 17.0 Å². The summed E-state index contributed by atoms with van der Waals surface area (Å²) in [6, 6.07) is 15.7. The van der Waals surface area contributed by atoms with Crippen LogP contribution in [0.2, 0.25) is 0 Å². The SMILES string of the molecule is O=CNc1cccc(C2=NCc3nncn3-c3ccccc32)c1. The number of nitrogens with one attached hydrogen (secondary N) is 1. The van der Waals surface area contributed by atoms with Crippen molar-refractivity contribution in [2.24, 2.45) is 4.99 Å². The zero-order chi connectivity index (χ0) is 15.6. The Hall–Kier alpha value is -3.28. The van der Waals surface area contributed by atoms with E-state index >= 15 is 0 Å². The molecular weight excluding hydrogens is 290 g/mol. The van der Waals surface area contributed by atoms with Gasteiger partial charge in [-0.1, -0.05) is 30.3 Å². The third kappa shape index (κ3) is 2.30. The molecule has 1 aliphatic heterocycles. The molecule has 2 aromatic carbocycles. The Morgan fingerprint density at radius 2 is 2.04 bits per heavy atom. The van der Waals surface area contributed by atoms with Gasteiger partial charge >= 0.3 is 0 Å². The van der Waals surface area contributed by atoms with Crippen molar-refractivity contribution >= 4 is 17.8 Å². The highest BCUT2D eigenvalue weighted by Crippen LogP contribution is 2.24. The number of rotatable bonds is 3. The number of aromatic nitrogens is 3. The highest BCUT2D eigenvalue weighted by atomic mass is 16.1. The quantitative estimate of drug-likeness (QED) is 0.754. The number of anilines is 1. The third-order valence-corrected chi connectivity index (χ3v) is 3.78. The van der Waals surface area contributed by atoms with Gasteiger partial charge in [-0.25, -0.2) is 0 Å². The summed E-state index contributed by atoms with van der Waals surface area (Å²) in [7, 11) is 0. The number of hydrogen-bond donors (Lipinski definition) is 1. The molecule has 2 heterocycles. The van der Waals surface area contributed by atoms with Crippen molar-refractivity contribution in [2.75, 3.05) is 5.32 Å². The van der Waals surface area contributed by atoms with E-state index in [9.17, 15) is 4.79 Å². The fraction of sp³-hybridized carbons (Fsp3) is 0.0588. The van der Waals surface area contributed by atoms with Gasteiger partial charge in [-0.05, 0) is 18.2 Å². The Bertz CT molecular complexity index is 913. The number of amides is 1. The van der Waals surface area contributed by atoms with Crippen molar-refractivity contribution in [1.82, 2.24) is 14.8 Å². The second-order valence-electron chi connectivity index (χ2n) is 5.14. The summed E-state index contributed by atoms with van der Waals surface area (Å²) in [6.45, 7) is 0.454. The number of carbonyl (C=O) groups is 1. The first kappa shape index (κ1) is 13.4. The van der Waals surface area contributed by atoms with E-state index in [1.54, 1.807) is 6.33 Å². The molecule has 3 aromatic rings. The molecule has 1 aromatic heterocycles. The zero-order valence-corrected chi connectivity index (χ0v) is 12.2. The summed E-state index contributed by atoms with van der Waals surface area (Å²) >= 11 is 0. The van der Waals surface area contributed by atoms with Gasteiger partial charge in [0, 0.05) is 16.8 Å². The maximum Gasteiger partial charge on any atom is 0.211 e. The molecule has 0 saturated heterocycles. The van der Waals surface area contributed by atoms with E-state index in [-0.39, 0.29) is 0 Å². The van der Waals surface area contributed by atoms with E-state index in [1.165, 1.54) is 0 Å². The highest BCUT2D eigenvalue weighted by Gasteiger charge is 2.19. The summed E-state index contributed by atoms with van der Waals surface area (Å²) in [5, 5.41) is 10.8. The number of nitrogens with zero attached hydrogens (tertiary/aromatic N) is 4. The van der Waals surface area contributed by atoms with Crippen LogP contribution >= 0.6 is 0 Å². The Labute approximate surface area is 132 Å². The summed E-state index contributed by atoms with van der Waals surface area (Å²) in [5.41, 5.74) is 4.57. The maximum atomic E-state index is 10.7. The molecule has 6 nitrogen and oxygen atoms in total. The van der Waals surface area contributed by atoms with Crippen molar-refractivity contribution in [2.45, 2.75) is 6.54 Å². The lowest BCUT2D eigenvalue weighted by molar-refractivity contribution is -0.105. The monoisotopic (exact) mass is 303 g/mol. The standard InChI is InChI=1S/C17H13N5O/c23-11-19-13-5-3-4-12(8-13)17-14-6-1-2-7-15(14)22-10-20-21-16(22)9-18-17/h1-8,10-11H,9H2,(H,19,23). The molecule has 1 aliphatic rings. The third-order valence-electron chi connectivity index (χ3n) is 3.78. The minimum Gasteiger partial charge on any atom is -0.329 e. The van der Waals surface area contributed by atoms with Crippen LogP contribution in [-0.2, 0) is 11.3 Å². The van der Waals surface area contributed by atoms with Gasteiger partial charge in [0.25, 0.3) is 0 Å². The second-order valence-corrected chi connectivity index (χ2v) is 5.14. The van der Waals surface area contributed by atoms with Crippen LogP contribution in [-0.4, -0.2) is 26.9 Å². The van der Waals surface area contributed by atoms with Crippen LogP contribution in [0.5, 0.6) is 0 Å². The predicted molar refractivity (Wildman–Crippen MR) is 86.8 cm³/mol. The van der Waals surface area contributed by atoms with E-state index in [0.717, 1.165) is 34.0 Å². The highest BCUT2D eigenvalue weighted by molar-refractivity contribution is 6.15. The fourth-order valence-electron chi connectivity index (χ4n) is 2.76. The van der Waals surface area contributed by atoms with Gasteiger partial charge in [-0.3, -0.25) is 14.4 Å². The largest absolute Gasteiger partial charge is 0.329 e. The molecule has 0 unspecified atom stereocenters. The summed E-state index contributed by atoms with van der Waals surface area (Å²) in [6.07, 6.45) is 2.38. The Balaban J connectivity index is 1.89. The summed E-state index contributed by atoms with van der Waals surface area (Å²) < 4.78 is 1.96. The average molecular weight is 303 g/mol. The number of aliphatic imine (C=N–C) groups is 1. The molecule has 0 atom stereocenters. The van der Waals surface area contributed by atoms with Crippen molar-refractivity contribution in [3.63, 3.8) is 0 Å². The Morgan fingerprint density at radius 1 is 1.13 bits per heavy atom. The normalized spacial score (nSPS) is 12.6. The van der Waals surface area contributed by atoms with Gasteiger partial charge in [-0.15, -0.1) is 10.2 Å². The van der Waals surface area contributed by atoms with Crippen molar-refractivity contribution < 1.29 is 4.79 Å². The Kier molecular flexibility index (Phi) is 3.20. The van der Waals surface area contributed by atoms with Crippen LogP contribution < -0.4 is 5.32 Å². The number of fused-ring (bicyclic) bond motifs is 3. The lowest BCUT2D eigenvalue weighted by Gasteiger charge is -2.11. The van der Waals surface area contributed by atoms with E-state index < -0.39 is 0 Å². The van der Waals surface area contributed by atoms with Crippen LogP contribution in [0.4, 0.5) is 5.69 Å². The molecule has 4 rings (SSSR count). The molecular formula is C17H13N5O. The van der Waals surface area contributed by atoms with Crippen molar-refractivity contribution in [3.8, 4) is 5.69 Å². The predicted octanol–water partition coefficient (Wildman–Crippen LogP) is 2.19. The molecule has 23 heavy (non-hydrogen) atoms. The molecule has 0 bridgehead atoms. The van der Waals surface area contributed by atoms with Gasteiger partial charge in [0.1, 0.15) is 12.9 Å². The minimum absolute atomic E-state index is 0.454. The van der Waals surface area contributed by atoms with Crippen LogP contribution in [0.15, 0.2) is 59.9 Å². The molecule has 112 valence electrons. The smallest absolute Gasteiger partial charge is 0.211 e. The first-order chi connectivity index (χ1) is 11.4. The molecule has 1 amide bonds. The zero-order valence-electron chi connectivity index (χ0n) is 12.2. The van der Waals surface area contributed by atoms with Gasteiger partial charge in [0.2, 0.25) is 6.41 Å². The van der Waals surface area contributed by atoms with Crippen LogP contribution in [0.25, 0.3) is 5.69 Å². The number of carbonyl (C=O) groups excluding carboxylic acids is 1. The number of para-hydroxylation sites is 1. The lowest BCUT2D eigenvalue weighted by Crippen LogP contribution is -2.07. The second kappa shape index (κ2) is 5.49. The van der Waals surface area contributed by atoms with Gasteiger partial charge < -0.3 is 5.32 Å². The van der Waals surface area contributed by atoms with Gasteiger partial charge in [0.05, 0.1) is 11.4 Å². The molecule has 0 spiro atoms. The molecule has 0 saturated carbocycles. The maximum absolute atomic E-state index is 10.7. The van der Waals surface area contributed by atoms with Gasteiger partial charge in [-0.2, -0.15) is 0 Å². The fourth-order valence-corrected chi connectivity index (χ4v) is 2.76. The van der Waals surface area contributed by atoms with E-state index in [2.05, 4.69) is 15.5 Å². The average Bonchev–Trinajstić information content (AvgIpc) is 2.99. The summed E-state index contributed by atoms with van der Waals surface area (Å²) in [4.78, 5) is 15.4. The van der Waals surface area contributed by atoms with Crippen LogP contribution in [0, 0.1) is 0 Å². The van der Waals surface area contributed by atoms with E-state index in [4.69, 9.17) is 4.99 Å². The Morgan fingerprint density at radius 3 is 2.96 bits per heavy atom. The van der Waals surface area contributed by atoms with Crippen molar-refractivity contribution in [1.29, 1.82) is 0 Å². The molecule has 0 aliphatic carbocycles. The van der Waals surface area contributed by atoms with Gasteiger partial charge in [0.15, 0.2) is 5.82 Å². The topological polar surface area (TPSA) is 72.2 Å². The minimum atomic E-state index is 0.454. The molecule has 1 N–H and O–H groups in total. The number of benzene rings is 2. The van der Waals surface area contributed by atoms with Crippen LogP contribution in [0.3, 0.4) is 0 Å². The molecule has 6 heteroatoms. The van der Waals surface area contributed by atoms with E-state index in [1.807, 2.05) is 53.1 Å². The summed E-state index contributed by atoms with van der Waals surface area (Å²) in [5.74, 6) is 0.801. The lowest BCUT2D eigenvalue weighted by atomic mass is 10.00. The molecule has 0 radical (unpaired) electrons. The first-order valence-corrected chi connectivity index (χ1v) is 7.20.